The molecule has 0 radical (unpaired) electrons. The summed E-state index contributed by atoms with van der Waals surface area (Å²) in [6.07, 6.45) is 0. The molecule has 0 atom stereocenters. The Labute approximate surface area is 119 Å². The zero-order valence-corrected chi connectivity index (χ0v) is 11.9. The van der Waals surface area contributed by atoms with E-state index in [1.807, 2.05) is 37.3 Å². The number of hydrogen-bond donors (Lipinski definition) is 0. The number of nitrogens with zero attached hydrogens (tertiary/aromatic N) is 1. The Morgan fingerprint density at radius 3 is 2.53 bits per heavy atom. The summed E-state index contributed by atoms with van der Waals surface area (Å²) < 4.78 is 6.23. The summed E-state index contributed by atoms with van der Waals surface area (Å²) in [6, 6.07) is 12.7. The Balaban J connectivity index is 2.28. The molecule has 0 saturated carbocycles. The van der Waals surface area contributed by atoms with Crippen LogP contribution in [0, 0.1) is 17.0 Å². The van der Waals surface area contributed by atoms with Gasteiger partial charge in [-0.3, -0.25) is 10.1 Å². The SMILES string of the molecule is Cc1ccc([N+](=O)[O-])c(OCc2ccccc2)c1Br. The largest absolute Gasteiger partial charge is 0.481 e. The van der Waals surface area contributed by atoms with Crippen molar-refractivity contribution in [3.63, 3.8) is 0 Å². The van der Waals surface area contributed by atoms with E-state index in [9.17, 15) is 10.1 Å². The van der Waals surface area contributed by atoms with Crippen molar-refractivity contribution in [3.8, 4) is 5.75 Å². The minimum absolute atomic E-state index is 0.0339. The van der Waals surface area contributed by atoms with E-state index in [4.69, 9.17) is 4.74 Å². The first kappa shape index (κ1) is 13.5. The average Bonchev–Trinajstić information content (AvgIpc) is 2.41. The smallest absolute Gasteiger partial charge is 0.312 e. The van der Waals surface area contributed by atoms with Crippen molar-refractivity contribution in [2.24, 2.45) is 0 Å². The fourth-order valence-electron chi connectivity index (χ4n) is 1.66. The predicted octanol–water partition coefficient (Wildman–Crippen LogP) is 4.24. The van der Waals surface area contributed by atoms with Crippen LogP contribution < -0.4 is 4.74 Å². The van der Waals surface area contributed by atoms with E-state index in [2.05, 4.69) is 15.9 Å². The molecule has 0 aliphatic rings. The fourth-order valence-corrected chi connectivity index (χ4v) is 2.10. The van der Waals surface area contributed by atoms with Crippen molar-refractivity contribution < 1.29 is 9.66 Å². The Bertz CT molecular complexity index is 599. The molecular formula is C14H12BrNO3. The number of benzene rings is 2. The summed E-state index contributed by atoms with van der Waals surface area (Å²) in [5, 5.41) is 11.0. The highest BCUT2D eigenvalue weighted by Gasteiger charge is 2.19. The number of nitro groups is 1. The number of nitro benzene ring substituents is 1. The van der Waals surface area contributed by atoms with Gasteiger partial charge in [0.25, 0.3) is 0 Å². The standard InChI is InChI=1S/C14H12BrNO3/c1-10-7-8-12(16(17)18)14(13(10)15)19-9-11-5-3-2-4-6-11/h2-8H,9H2,1H3. The van der Waals surface area contributed by atoms with Crippen LogP contribution in [0.3, 0.4) is 0 Å². The van der Waals surface area contributed by atoms with Gasteiger partial charge in [0, 0.05) is 6.07 Å². The van der Waals surface area contributed by atoms with Crippen molar-refractivity contribution in [2.45, 2.75) is 13.5 Å². The van der Waals surface area contributed by atoms with Crippen LogP contribution in [0.1, 0.15) is 11.1 Å². The number of hydrogen-bond acceptors (Lipinski definition) is 3. The van der Waals surface area contributed by atoms with Crippen molar-refractivity contribution in [1.82, 2.24) is 0 Å². The minimum Gasteiger partial charge on any atom is -0.481 e. The third-order valence-electron chi connectivity index (χ3n) is 2.69. The van der Waals surface area contributed by atoms with Gasteiger partial charge in [-0.2, -0.15) is 0 Å². The molecule has 0 aromatic heterocycles. The molecule has 4 nitrogen and oxygen atoms in total. The molecule has 0 N–H and O–H groups in total. The number of ether oxygens (including phenoxy) is 1. The summed E-state index contributed by atoms with van der Waals surface area (Å²) in [5.41, 5.74) is 1.83. The van der Waals surface area contributed by atoms with Gasteiger partial charge in [0.15, 0.2) is 0 Å². The lowest BCUT2D eigenvalue weighted by molar-refractivity contribution is -0.386. The highest BCUT2D eigenvalue weighted by molar-refractivity contribution is 9.10. The van der Waals surface area contributed by atoms with Crippen molar-refractivity contribution in [1.29, 1.82) is 0 Å². The van der Waals surface area contributed by atoms with Crippen LogP contribution in [0.2, 0.25) is 0 Å². The van der Waals surface area contributed by atoms with E-state index in [-0.39, 0.29) is 11.4 Å². The third kappa shape index (κ3) is 3.12. The van der Waals surface area contributed by atoms with Gasteiger partial charge in [-0.1, -0.05) is 36.4 Å². The maximum absolute atomic E-state index is 11.0. The molecule has 19 heavy (non-hydrogen) atoms. The van der Waals surface area contributed by atoms with Crippen LogP contribution >= 0.6 is 15.9 Å². The topological polar surface area (TPSA) is 52.4 Å². The summed E-state index contributed by atoms with van der Waals surface area (Å²) in [6.45, 7) is 2.16. The summed E-state index contributed by atoms with van der Waals surface area (Å²) in [7, 11) is 0. The maximum atomic E-state index is 11.0. The Morgan fingerprint density at radius 2 is 1.89 bits per heavy atom. The van der Waals surface area contributed by atoms with Crippen LogP contribution in [0.4, 0.5) is 5.69 Å². The summed E-state index contributed by atoms with van der Waals surface area (Å²) in [5.74, 6) is 0.272. The lowest BCUT2D eigenvalue weighted by Crippen LogP contribution is -2.00. The van der Waals surface area contributed by atoms with Crippen LogP contribution in [0.25, 0.3) is 0 Å². The van der Waals surface area contributed by atoms with Gasteiger partial charge in [0.2, 0.25) is 5.75 Å². The average molecular weight is 322 g/mol. The zero-order chi connectivity index (χ0) is 13.8. The molecule has 0 bridgehead atoms. The molecule has 0 amide bonds. The zero-order valence-electron chi connectivity index (χ0n) is 10.3. The molecule has 0 spiro atoms. The first-order valence-electron chi connectivity index (χ1n) is 5.70. The molecule has 5 heteroatoms. The van der Waals surface area contributed by atoms with Crippen molar-refractivity contribution in [3.05, 3.63) is 68.2 Å². The van der Waals surface area contributed by atoms with Gasteiger partial charge in [-0.15, -0.1) is 0 Å². The van der Waals surface area contributed by atoms with E-state index in [1.165, 1.54) is 6.07 Å². The number of halogens is 1. The van der Waals surface area contributed by atoms with E-state index in [1.54, 1.807) is 6.07 Å². The molecule has 2 aromatic rings. The van der Waals surface area contributed by atoms with Gasteiger partial charge in [-0.05, 0) is 34.0 Å². The van der Waals surface area contributed by atoms with Crippen LogP contribution in [0.5, 0.6) is 5.75 Å². The number of aryl methyl sites for hydroxylation is 1. The molecule has 0 heterocycles. The predicted molar refractivity (Wildman–Crippen MR) is 76.3 cm³/mol. The second-order valence-corrected chi connectivity index (χ2v) is 4.87. The highest BCUT2D eigenvalue weighted by Crippen LogP contribution is 2.37. The molecule has 0 aliphatic carbocycles. The monoisotopic (exact) mass is 321 g/mol. The molecule has 0 saturated heterocycles. The van der Waals surface area contributed by atoms with E-state index < -0.39 is 4.92 Å². The lowest BCUT2D eigenvalue weighted by atomic mass is 10.2. The summed E-state index contributed by atoms with van der Waals surface area (Å²) >= 11 is 3.34. The molecule has 2 rings (SSSR count). The first-order valence-corrected chi connectivity index (χ1v) is 6.49. The lowest BCUT2D eigenvalue weighted by Gasteiger charge is -2.10. The fraction of sp³-hybridized carbons (Fsp3) is 0.143. The highest BCUT2D eigenvalue weighted by atomic mass is 79.9. The normalized spacial score (nSPS) is 10.2. The second kappa shape index (κ2) is 5.84. The maximum Gasteiger partial charge on any atom is 0.312 e. The second-order valence-electron chi connectivity index (χ2n) is 4.08. The minimum atomic E-state index is -0.440. The Hall–Kier alpha value is -1.88. The van der Waals surface area contributed by atoms with E-state index in [0.29, 0.717) is 11.1 Å². The van der Waals surface area contributed by atoms with Gasteiger partial charge in [0.1, 0.15) is 6.61 Å². The molecular weight excluding hydrogens is 310 g/mol. The first-order chi connectivity index (χ1) is 9.09. The van der Waals surface area contributed by atoms with Gasteiger partial charge in [-0.25, -0.2) is 0 Å². The summed E-state index contributed by atoms with van der Waals surface area (Å²) in [4.78, 5) is 10.6. The van der Waals surface area contributed by atoms with Gasteiger partial charge >= 0.3 is 5.69 Å². The molecule has 98 valence electrons. The molecule has 0 aliphatic heterocycles. The Morgan fingerprint density at radius 1 is 1.21 bits per heavy atom. The van der Waals surface area contributed by atoms with Gasteiger partial charge < -0.3 is 4.74 Å². The van der Waals surface area contributed by atoms with Crippen LogP contribution in [-0.2, 0) is 6.61 Å². The van der Waals surface area contributed by atoms with E-state index >= 15 is 0 Å². The molecule has 0 unspecified atom stereocenters. The van der Waals surface area contributed by atoms with E-state index in [0.717, 1.165) is 11.1 Å². The van der Waals surface area contributed by atoms with Gasteiger partial charge in [0.05, 0.1) is 9.40 Å². The molecule has 0 fully saturated rings. The number of rotatable bonds is 4. The van der Waals surface area contributed by atoms with Crippen LogP contribution in [-0.4, -0.2) is 4.92 Å². The van der Waals surface area contributed by atoms with Crippen LogP contribution in [0.15, 0.2) is 46.9 Å². The van der Waals surface area contributed by atoms with Crippen molar-refractivity contribution in [2.75, 3.05) is 0 Å². The van der Waals surface area contributed by atoms with Crippen molar-refractivity contribution >= 4 is 21.6 Å². The molecule has 2 aromatic carbocycles. The quantitative estimate of drug-likeness (QED) is 0.625. The third-order valence-corrected chi connectivity index (χ3v) is 3.68. The Kier molecular flexibility index (Phi) is 4.16.